The van der Waals surface area contributed by atoms with Gasteiger partial charge in [-0.05, 0) is 44.2 Å². The Kier molecular flexibility index (Phi) is 4.90. The zero-order chi connectivity index (χ0) is 17.3. The molecule has 0 bridgehead atoms. The molecule has 1 atom stereocenters. The third-order valence-electron chi connectivity index (χ3n) is 4.98. The van der Waals surface area contributed by atoms with Gasteiger partial charge < -0.3 is 10.2 Å². The van der Waals surface area contributed by atoms with Crippen LogP contribution in [0.2, 0.25) is 0 Å². The van der Waals surface area contributed by atoms with Crippen molar-refractivity contribution in [2.24, 2.45) is 5.92 Å². The van der Waals surface area contributed by atoms with Crippen molar-refractivity contribution in [1.29, 1.82) is 0 Å². The van der Waals surface area contributed by atoms with E-state index in [-0.39, 0.29) is 17.7 Å². The molecule has 1 N–H and O–H groups in total. The van der Waals surface area contributed by atoms with Gasteiger partial charge in [0.1, 0.15) is 6.04 Å². The lowest BCUT2D eigenvalue weighted by atomic mass is 9.82. The smallest absolute Gasteiger partial charge is 0.255 e. The topological polar surface area (TPSA) is 49.4 Å². The minimum Gasteiger partial charge on any atom is -0.341 e. The maximum absolute atomic E-state index is 13.0. The summed E-state index contributed by atoms with van der Waals surface area (Å²) in [5, 5.41) is 2.97. The van der Waals surface area contributed by atoms with Crippen molar-refractivity contribution >= 4 is 24.4 Å². The molecule has 1 aliphatic carbocycles. The molecule has 1 fully saturated rings. The van der Waals surface area contributed by atoms with Crippen molar-refractivity contribution < 1.29 is 9.59 Å². The van der Waals surface area contributed by atoms with E-state index in [0.717, 1.165) is 36.8 Å². The Hall–Kier alpha value is -1.49. The summed E-state index contributed by atoms with van der Waals surface area (Å²) in [7, 11) is 0. The summed E-state index contributed by atoms with van der Waals surface area (Å²) in [6.45, 7) is 4.23. The number of carbonyl (C=O) groups is 2. The summed E-state index contributed by atoms with van der Waals surface area (Å²) >= 11 is 4.43. The number of nitrogens with zero attached hydrogens (tertiary/aromatic N) is 1. The van der Waals surface area contributed by atoms with E-state index in [2.05, 4.69) is 17.9 Å². The Balaban J connectivity index is 1.88. The molecule has 24 heavy (non-hydrogen) atoms. The van der Waals surface area contributed by atoms with E-state index in [4.69, 9.17) is 0 Å². The van der Waals surface area contributed by atoms with Crippen LogP contribution >= 0.6 is 12.6 Å². The van der Waals surface area contributed by atoms with Gasteiger partial charge in [0.05, 0.1) is 4.87 Å². The second-order valence-electron chi connectivity index (χ2n) is 7.48. The SMILES string of the molecule is CC(C)(S)NC(=O)C(C1CCCCC1)N1Cc2ccccc2C1=O. The van der Waals surface area contributed by atoms with Crippen LogP contribution in [-0.4, -0.2) is 27.6 Å². The quantitative estimate of drug-likeness (QED) is 0.649. The molecular weight excluding hydrogens is 320 g/mol. The van der Waals surface area contributed by atoms with Crippen LogP contribution in [0.25, 0.3) is 0 Å². The van der Waals surface area contributed by atoms with Crippen LogP contribution in [0.4, 0.5) is 0 Å². The van der Waals surface area contributed by atoms with Crippen LogP contribution in [0.5, 0.6) is 0 Å². The molecule has 0 saturated heterocycles. The maximum atomic E-state index is 13.0. The molecule has 1 aliphatic heterocycles. The number of thiol groups is 1. The third kappa shape index (κ3) is 3.61. The number of rotatable bonds is 4. The number of carbonyl (C=O) groups excluding carboxylic acids is 2. The summed E-state index contributed by atoms with van der Waals surface area (Å²) in [5.74, 6) is 0.129. The highest BCUT2D eigenvalue weighted by atomic mass is 32.1. The highest BCUT2D eigenvalue weighted by Crippen LogP contribution is 2.34. The van der Waals surface area contributed by atoms with E-state index in [1.807, 2.05) is 38.1 Å². The number of fused-ring (bicyclic) bond motifs is 1. The second kappa shape index (κ2) is 6.79. The monoisotopic (exact) mass is 346 g/mol. The highest BCUT2D eigenvalue weighted by molar-refractivity contribution is 7.81. The van der Waals surface area contributed by atoms with Crippen molar-refractivity contribution in [1.82, 2.24) is 10.2 Å². The van der Waals surface area contributed by atoms with E-state index in [0.29, 0.717) is 6.54 Å². The maximum Gasteiger partial charge on any atom is 0.255 e. The summed E-state index contributed by atoms with van der Waals surface area (Å²) in [6.07, 6.45) is 5.49. The first-order valence-corrected chi connectivity index (χ1v) is 9.25. The fourth-order valence-electron chi connectivity index (χ4n) is 3.94. The van der Waals surface area contributed by atoms with Gasteiger partial charge in [-0.25, -0.2) is 0 Å². The number of amides is 2. The molecule has 2 aliphatic rings. The molecule has 1 aromatic rings. The Bertz CT molecular complexity index is 632. The standard InChI is InChI=1S/C19H26N2O2S/c1-19(2,24)20-17(22)16(13-8-4-3-5-9-13)21-12-14-10-6-7-11-15(14)18(21)23/h6-7,10-11,13,16,24H,3-5,8-9,12H2,1-2H3,(H,20,22). The van der Waals surface area contributed by atoms with Gasteiger partial charge in [0, 0.05) is 12.1 Å². The zero-order valence-corrected chi connectivity index (χ0v) is 15.3. The fourth-order valence-corrected chi connectivity index (χ4v) is 4.05. The van der Waals surface area contributed by atoms with Crippen LogP contribution in [0.1, 0.15) is 61.9 Å². The van der Waals surface area contributed by atoms with Crippen LogP contribution < -0.4 is 5.32 Å². The van der Waals surface area contributed by atoms with Crippen LogP contribution in [-0.2, 0) is 11.3 Å². The normalized spacial score (nSPS) is 20.0. The van der Waals surface area contributed by atoms with Gasteiger partial charge in [0.2, 0.25) is 5.91 Å². The summed E-state index contributed by atoms with van der Waals surface area (Å²) in [5.41, 5.74) is 1.75. The van der Waals surface area contributed by atoms with E-state index < -0.39 is 10.9 Å². The first kappa shape index (κ1) is 17.3. The number of hydrogen-bond donors (Lipinski definition) is 2. The molecule has 3 rings (SSSR count). The molecule has 1 saturated carbocycles. The first-order valence-electron chi connectivity index (χ1n) is 8.80. The van der Waals surface area contributed by atoms with Gasteiger partial charge in [-0.2, -0.15) is 12.6 Å². The van der Waals surface area contributed by atoms with Crippen molar-refractivity contribution in [3.8, 4) is 0 Å². The van der Waals surface area contributed by atoms with E-state index in [9.17, 15) is 9.59 Å². The largest absolute Gasteiger partial charge is 0.341 e. The second-order valence-corrected chi connectivity index (χ2v) is 8.60. The Morgan fingerprint density at radius 1 is 1.25 bits per heavy atom. The lowest BCUT2D eigenvalue weighted by Crippen LogP contribution is -2.55. The predicted molar refractivity (Wildman–Crippen MR) is 97.9 cm³/mol. The third-order valence-corrected chi connectivity index (χ3v) is 5.09. The summed E-state index contributed by atoms with van der Waals surface area (Å²) in [6, 6.07) is 7.26. The average molecular weight is 346 g/mol. The molecule has 0 radical (unpaired) electrons. The van der Waals surface area contributed by atoms with Crippen LogP contribution in [0, 0.1) is 5.92 Å². The van der Waals surface area contributed by atoms with Crippen LogP contribution in [0.3, 0.4) is 0 Å². The Morgan fingerprint density at radius 2 is 1.92 bits per heavy atom. The van der Waals surface area contributed by atoms with Gasteiger partial charge in [-0.3, -0.25) is 9.59 Å². The minimum absolute atomic E-state index is 0.0201. The average Bonchev–Trinajstić information content (AvgIpc) is 2.84. The van der Waals surface area contributed by atoms with Crippen molar-refractivity contribution in [3.63, 3.8) is 0 Å². The molecule has 1 aromatic carbocycles. The molecule has 4 nitrogen and oxygen atoms in total. The van der Waals surface area contributed by atoms with Crippen molar-refractivity contribution in [3.05, 3.63) is 35.4 Å². The van der Waals surface area contributed by atoms with Crippen molar-refractivity contribution in [2.45, 2.75) is 63.4 Å². The predicted octanol–water partition coefficient (Wildman–Crippen LogP) is 3.37. The molecule has 2 amide bonds. The van der Waals surface area contributed by atoms with Gasteiger partial charge >= 0.3 is 0 Å². The zero-order valence-electron chi connectivity index (χ0n) is 14.4. The molecular formula is C19H26N2O2S. The Morgan fingerprint density at radius 3 is 2.54 bits per heavy atom. The van der Waals surface area contributed by atoms with Gasteiger partial charge in [0.25, 0.3) is 5.91 Å². The number of benzene rings is 1. The lowest BCUT2D eigenvalue weighted by molar-refractivity contribution is -0.128. The molecule has 1 heterocycles. The van der Waals surface area contributed by atoms with Gasteiger partial charge in [0.15, 0.2) is 0 Å². The lowest BCUT2D eigenvalue weighted by Gasteiger charge is -2.37. The Labute approximate surface area is 149 Å². The summed E-state index contributed by atoms with van der Waals surface area (Å²) < 4.78 is 0. The fraction of sp³-hybridized carbons (Fsp3) is 0.579. The molecule has 0 spiro atoms. The molecule has 0 aromatic heterocycles. The molecule has 1 unspecified atom stereocenters. The van der Waals surface area contributed by atoms with Gasteiger partial charge in [-0.15, -0.1) is 0 Å². The minimum atomic E-state index is -0.598. The highest BCUT2D eigenvalue weighted by Gasteiger charge is 2.41. The first-order chi connectivity index (χ1) is 11.4. The van der Waals surface area contributed by atoms with E-state index in [1.54, 1.807) is 4.90 Å². The van der Waals surface area contributed by atoms with Crippen molar-refractivity contribution in [2.75, 3.05) is 0 Å². The van der Waals surface area contributed by atoms with E-state index in [1.165, 1.54) is 6.42 Å². The van der Waals surface area contributed by atoms with Crippen LogP contribution in [0.15, 0.2) is 24.3 Å². The number of nitrogens with one attached hydrogen (secondary N) is 1. The molecule has 5 heteroatoms. The summed E-state index contributed by atoms with van der Waals surface area (Å²) in [4.78, 5) is 27.0. The molecule has 130 valence electrons. The number of hydrogen-bond acceptors (Lipinski definition) is 3. The van der Waals surface area contributed by atoms with Gasteiger partial charge in [-0.1, -0.05) is 37.5 Å². The van der Waals surface area contributed by atoms with E-state index >= 15 is 0 Å².